The normalized spacial score (nSPS) is 14.1. The van der Waals surface area contributed by atoms with Crippen molar-refractivity contribution < 1.29 is 18.0 Å². The van der Waals surface area contributed by atoms with Crippen LogP contribution in [-0.4, -0.2) is 35.1 Å². The Kier molecular flexibility index (Phi) is 6.95. The summed E-state index contributed by atoms with van der Waals surface area (Å²) in [5.74, 6) is -1.03. The summed E-state index contributed by atoms with van der Waals surface area (Å²) < 4.78 is 23.1. The van der Waals surface area contributed by atoms with Crippen molar-refractivity contribution in [2.45, 2.75) is 30.4 Å². The van der Waals surface area contributed by atoms with Crippen LogP contribution in [0, 0.1) is 13.8 Å². The van der Waals surface area contributed by atoms with Crippen LogP contribution in [0.3, 0.4) is 0 Å². The number of halogens is 1. The number of hydrogen-bond donors (Lipinski definition) is 2. The summed E-state index contributed by atoms with van der Waals surface area (Å²) in [6.45, 7) is 3.67. The molecule has 0 radical (unpaired) electrons. The standard InChI is InChI=1S/C23H20ClN5O4S2/c1-13-11-14(2)27-23(26-13)34-20-19(28-17-7-9-18(10-8-17)35(25,32)33)21(30)29(22(20)31)12-15-3-5-16(24)6-4-15/h3-11,28H,12H2,1-2H3,(H2,25,32,33). The molecule has 0 spiro atoms. The number of rotatable bonds is 7. The number of hydrogen-bond acceptors (Lipinski definition) is 8. The molecule has 0 fully saturated rings. The summed E-state index contributed by atoms with van der Waals surface area (Å²) in [6, 6.07) is 14.2. The number of nitrogens with one attached hydrogen (secondary N) is 1. The SMILES string of the molecule is Cc1cc(C)nc(SC2=C(Nc3ccc(S(N)(=O)=O)cc3)C(=O)N(Cc3ccc(Cl)cc3)C2=O)n1. The Morgan fingerprint density at radius 1 is 0.971 bits per heavy atom. The molecule has 12 heteroatoms. The predicted octanol–water partition coefficient (Wildman–Crippen LogP) is 3.38. The van der Waals surface area contributed by atoms with Gasteiger partial charge in [0.15, 0.2) is 5.16 Å². The van der Waals surface area contributed by atoms with Crippen LogP contribution in [0.2, 0.25) is 5.02 Å². The molecule has 2 aromatic carbocycles. The summed E-state index contributed by atoms with van der Waals surface area (Å²) >= 11 is 6.94. The Morgan fingerprint density at radius 2 is 1.57 bits per heavy atom. The maximum absolute atomic E-state index is 13.4. The van der Waals surface area contributed by atoms with Crippen molar-refractivity contribution in [3.63, 3.8) is 0 Å². The van der Waals surface area contributed by atoms with E-state index in [1.807, 2.05) is 13.8 Å². The monoisotopic (exact) mass is 529 g/mol. The summed E-state index contributed by atoms with van der Waals surface area (Å²) in [6.07, 6.45) is 0. The highest BCUT2D eigenvalue weighted by atomic mass is 35.5. The number of amides is 2. The van der Waals surface area contributed by atoms with Crippen LogP contribution in [0.5, 0.6) is 0 Å². The van der Waals surface area contributed by atoms with Gasteiger partial charge in [0.1, 0.15) is 10.6 Å². The van der Waals surface area contributed by atoms with Crippen molar-refractivity contribution in [1.82, 2.24) is 14.9 Å². The zero-order valence-electron chi connectivity index (χ0n) is 18.6. The fourth-order valence-electron chi connectivity index (χ4n) is 3.38. The lowest BCUT2D eigenvalue weighted by Crippen LogP contribution is -2.31. The van der Waals surface area contributed by atoms with Crippen molar-refractivity contribution in [1.29, 1.82) is 0 Å². The molecule has 1 aliphatic rings. The first-order chi connectivity index (χ1) is 16.5. The molecule has 0 saturated carbocycles. The Labute approximate surface area is 211 Å². The molecule has 0 aliphatic carbocycles. The van der Waals surface area contributed by atoms with Crippen LogP contribution in [-0.2, 0) is 26.2 Å². The minimum absolute atomic E-state index is 0.0417. The van der Waals surface area contributed by atoms with Gasteiger partial charge in [-0.2, -0.15) is 0 Å². The number of nitrogens with zero attached hydrogens (tertiary/aromatic N) is 3. The van der Waals surface area contributed by atoms with Gasteiger partial charge in [0.25, 0.3) is 11.8 Å². The van der Waals surface area contributed by atoms with E-state index in [0.29, 0.717) is 15.9 Å². The van der Waals surface area contributed by atoms with E-state index >= 15 is 0 Å². The van der Waals surface area contributed by atoms with Gasteiger partial charge in [0.2, 0.25) is 10.0 Å². The summed E-state index contributed by atoms with van der Waals surface area (Å²) in [4.78, 5) is 36.6. The summed E-state index contributed by atoms with van der Waals surface area (Å²) in [5, 5.41) is 8.98. The Bertz CT molecular complexity index is 1440. The molecule has 0 saturated heterocycles. The van der Waals surface area contributed by atoms with Gasteiger partial charge in [0, 0.05) is 22.1 Å². The van der Waals surface area contributed by atoms with Crippen LogP contribution >= 0.6 is 23.4 Å². The molecule has 0 unspecified atom stereocenters. The number of sulfonamides is 1. The molecule has 2 heterocycles. The van der Waals surface area contributed by atoms with Gasteiger partial charge in [-0.05, 0) is 73.6 Å². The average Bonchev–Trinajstić information content (AvgIpc) is 2.99. The number of aryl methyl sites for hydroxylation is 2. The smallest absolute Gasteiger partial charge is 0.278 e. The molecule has 180 valence electrons. The Morgan fingerprint density at radius 3 is 2.14 bits per heavy atom. The van der Waals surface area contributed by atoms with E-state index in [4.69, 9.17) is 16.7 Å². The molecule has 1 aliphatic heterocycles. The van der Waals surface area contributed by atoms with E-state index in [0.717, 1.165) is 33.6 Å². The van der Waals surface area contributed by atoms with E-state index in [1.165, 1.54) is 24.3 Å². The second-order valence-corrected chi connectivity index (χ2v) is 10.7. The van der Waals surface area contributed by atoms with Gasteiger partial charge in [-0.25, -0.2) is 23.5 Å². The number of carbonyl (C=O) groups is 2. The highest BCUT2D eigenvalue weighted by molar-refractivity contribution is 8.04. The van der Waals surface area contributed by atoms with Crippen molar-refractivity contribution in [2.75, 3.05) is 5.32 Å². The van der Waals surface area contributed by atoms with Gasteiger partial charge >= 0.3 is 0 Å². The lowest BCUT2D eigenvalue weighted by molar-refractivity contribution is -0.137. The van der Waals surface area contributed by atoms with Gasteiger partial charge in [0.05, 0.1) is 11.4 Å². The topological polar surface area (TPSA) is 135 Å². The highest BCUT2D eigenvalue weighted by Crippen LogP contribution is 2.35. The zero-order chi connectivity index (χ0) is 25.3. The van der Waals surface area contributed by atoms with Crippen LogP contribution in [0.25, 0.3) is 0 Å². The van der Waals surface area contributed by atoms with E-state index in [-0.39, 0.29) is 22.0 Å². The number of aromatic nitrogens is 2. The second-order valence-electron chi connectivity index (χ2n) is 7.76. The Hall–Kier alpha value is -3.25. The van der Waals surface area contributed by atoms with Gasteiger partial charge < -0.3 is 5.32 Å². The summed E-state index contributed by atoms with van der Waals surface area (Å²) in [5.41, 5.74) is 2.62. The fourth-order valence-corrected chi connectivity index (χ4v) is 5.02. The number of imide groups is 1. The zero-order valence-corrected chi connectivity index (χ0v) is 21.0. The molecule has 1 aromatic heterocycles. The van der Waals surface area contributed by atoms with E-state index in [2.05, 4.69) is 15.3 Å². The molecular weight excluding hydrogens is 510 g/mol. The predicted molar refractivity (Wildman–Crippen MR) is 133 cm³/mol. The van der Waals surface area contributed by atoms with Crippen molar-refractivity contribution in [2.24, 2.45) is 5.14 Å². The first-order valence-electron chi connectivity index (χ1n) is 10.3. The van der Waals surface area contributed by atoms with E-state index in [9.17, 15) is 18.0 Å². The maximum Gasteiger partial charge on any atom is 0.278 e. The number of nitrogens with two attached hydrogens (primary N) is 1. The fraction of sp³-hybridized carbons (Fsp3) is 0.130. The van der Waals surface area contributed by atoms with Crippen LogP contribution in [0.1, 0.15) is 17.0 Å². The van der Waals surface area contributed by atoms with Crippen molar-refractivity contribution in [3.05, 3.63) is 87.2 Å². The van der Waals surface area contributed by atoms with Crippen LogP contribution in [0.15, 0.2) is 75.3 Å². The van der Waals surface area contributed by atoms with Crippen LogP contribution < -0.4 is 10.5 Å². The number of primary sulfonamides is 1. The molecule has 35 heavy (non-hydrogen) atoms. The minimum atomic E-state index is -3.87. The lowest BCUT2D eigenvalue weighted by Gasteiger charge is -2.15. The average molecular weight is 530 g/mol. The molecule has 0 bridgehead atoms. The molecule has 3 aromatic rings. The number of carbonyl (C=O) groups excluding carboxylic acids is 2. The van der Waals surface area contributed by atoms with E-state index < -0.39 is 21.8 Å². The Balaban J connectivity index is 1.69. The van der Waals surface area contributed by atoms with Crippen molar-refractivity contribution in [3.8, 4) is 0 Å². The van der Waals surface area contributed by atoms with Crippen molar-refractivity contribution >= 4 is 50.9 Å². The third-order valence-electron chi connectivity index (χ3n) is 4.99. The first-order valence-corrected chi connectivity index (χ1v) is 13.0. The quantitative estimate of drug-likeness (QED) is 0.351. The second kappa shape index (κ2) is 9.78. The first kappa shape index (κ1) is 24.9. The minimum Gasteiger partial charge on any atom is -0.350 e. The molecule has 3 N–H and O–H groups in total. The maximum atomic E-state index is 13.4. The molecule has 4 rings (SSSR count). The molecule has 2 amide bonds. The molecule has 9 nitrogen and oxygen atoms in total. The number of benzene rings is 2. The number of anilines is 1. The van der Waals surface area contributed by atoms with E-state index in [1.54, 1.807) is 30.3 Å². The third-order valence-corrected chi connectivity index (χ3v) is 7.12. The molecule has 0 atom stereocenters. The third kappa shape index (κ3) is 5.70. The van der Waals surface area contributed by atoms with Gasteiger partial charge in [-0.3, -0.25) is 14.5 Å². The molecular formula is C23H20ClN5O4S2. The van der Waals surface area contributed by atoms with Gasteiger partial charge in [-0.1, -0.05) is 23.7 Å². The van der Waals surface area contributed by atoms with Gasteiger partial charge in [-0.15, -0.1) is 0 Å². The lowest BCUT2D eigenvalue weighted by atomic mass is 10.2. The number of thioether (sulfide) groups is 1. The summed E-state index contributed by atoms with van der Waals surface area (Å²) in [7, 11) is -3.87. The van der Waals surface area contributed by atoms with Crippen LogP contribution in [0.4, 0.5) is 5.69 Å². The highest BCUT2D eigenvalue weighted by Gasteiger charge is 2.39. The largest absolute Gasteiger partial charge is 0.350 e.